The third-order valence-electron chi connectivity index (χ3n) is 1.64. The Kier molecular flexibility index (Phi) is 3.77. The van der Waals surface area contributed by atoms with Crippen molar-refractivity contribution in [3.8, 4) is 11.8 Å². The molecule has 1 heterocycles. The lowest BCUT2D eigenvalue weighted by Gasteiger charge is -2.10. The molecule has 0 bridgehead atoms. The van der Waals surface area contributed by atoms with Crippen molar-refractivity contribution < 1.29 is 32.5 Å². The van der Waals surface area contributed by atoms with Crippen molar-refractivity contribution in [3.63, 3.8) is 0 Å². The van der Waals surface area contributed by atoms with Gasteiger partial charge in [-0.25, -0.2) is 4.79 Å². The summed E-state index contributed by atoms with van der Waals surface area (Å²) in [6, 6.07) is 2.08. The highest BCUT2D eigenvalue weighted by Crippen LogP contribution is 2.22. The number of nitrogens with zero attached hydrogens (tertiary/aromatic N) is 1. The largest absolute Gasteiger partial charge is 0.480 e. The number of pyridine rings is 1. The molecule has 0 radical (unpaired) electrons. The van der Waals surface area contributed by atoms with E-state index in [1.54, 1.807) is 0 Å². The Morgan fingerprint density at radius 3 is 2.59 bits per heavy atom. The molecule has 0 spiro atoms. The fourth-order valence-corrected chi connectivity index (χ4v) is 0.978. The van der Waals surface area contributed by atoms with Gasteiger partial charge in [-0.1, -0.05) is 0 Å². The van der Waals surface area contributed by atoms with Crippen molar-refractivity contribution in [2.75, 3.05) is 13.7 Å². The van der Waals surface area contributed by atoms with Crippen LogP contribution in [0.2, 0.25) is 0 Å². The molecule has 0 aliphatic heterocycles. The Labute approximate surface area is 93.8 Å². The lowest BCUT2D eigenvalue weighted by molar-refractivity contribution is -0.154. The van der Waals surface area contributed by atoms with Crippen molar-refractivity contribution in [2.45, 2.75) is 6.18 Å². The highest BCUT2D eigenvalue weighted by atomic mass is 19.4. The van der Waals surface area contributed by atoms with Gasteiger partial charge in [-0.2, -0.15) is 18.2 Å². The lowest BCUT2D eigenvalue weighted by Crippen LogP contribution is -2.19. The molecule has 1 N–H and O–H groups in total. The maximum absolute atomic E-state index is 11.9. The number of methoxy groups -OCH3 is 1. The molecule has 0 atom stereocenters. The SMILES string of the molecule is COc1nc(OCC(F)(F)F)ccc1C(=O)O. The first-order valence-electron chi connectivity index (χ1n) is 4.31. The van der Waals surface area contributed by atoms with Crippen LogP contribution in [-0.4, -0.2) is 36.0 Å². The average molecular weight is 251 g/mol. The molecule has 1 aromatic heterocycles. The summed E-state index contributed by atoms with van der Waals surface area (Å²) in [5.74, 6) is -1.96. The molecule has 0 aliphatic rings. The van der Waals surface area contributed by atoms with Gasteiger partial charge in [0.05, 0.1) is 7.11 Å². The van der Waals surface area contributed by atoms with Gasteiger partial charge < -0.3 is 14.6 Å². The Morgan fingerprint density at radius 2 is 2.12 bits per heavy atom. The van der Waals surface area contributed by atoms with Gasteiger partial charge in [-0.15, -0.1) is 0 Å². The van der Waals surface area contributed by atoms with Crippen molar-refractivity contribution in [3.05, 3.63) is 17.7 Å². The van der Waals surface area contributed by atoms with Gasteiger partial charge in [0, 0.05) is 6.07 Å². The second-order valence-corrected chi connectivity index (χ2v) is 2.92. The molecule has 17 heavy (non-hydrogen) atoms. The normalized spacial score (nSPS) is 11.1. The van der Waals surface area contributed by atoms with Gasteiger partial charge in [0.15, 0.2) is 6.61 Å². The van der Waals surface area contributed by atoms with E-state index in [0.29, 0.717) is 0 Å². The number of aromatic nitrogens is 1. The van der Waals surface area contributed by atoms with E-state index in [2.05, 4.69) is 14.5 Å². The predicted octanol–water partition coefficient (Wildman–Crippen LogP) is 1.73. The Bertz CT molecular complexity index is 419. The van der Waals surface area contributed by atoms with Crippen LogP contribution in [0.15, 0.2) is 12.1 Å². The first-order valence-corrected chi connectivity index (χ1v) is 4.31. The highest BCUT2D eigenvalue weighted by Gasteiger charge is 2.28. The van der Waals surface area contributed by atoms with Crippen LogP contribution in [0.5, 0.6) is 11.8 Å². The minimum atomic E-state index is -4.49. The summed E-state index contributed by atoms with van der Waals surface area (Å²) in [4.78, 5) is 14.2. The van der Waals surface area contributed by atoms with Gasteiger partial charge in [0.2, 0.25) is 11.8 Å². The number of rotatable bonds is 4. The minimum Gasteiger partial charge on any atom is -0.480 e. The van der Waals surface area contributed by atoms with Crippen molar-refractivity contribution in [1.29, 1.82) is 0 Å². The van der Waals surface area contributed by atoms with Crippen LogP contribution >= 0.6 is 0 Å². The summed E-state index contributed by atoms with van der Waals surface area (Å²) in [5.41, 5.74) is -0.258. The van der Waals surface area contributed by atoms with Crippen LogP contribution in [0.4, 0.5) is 13.2 Å². The monoisotopic (exact) mass is 251 g/mol. The molecule has 94 valence electrons. The summed E-state index contributed by atoms with van der Waals surface area (Å²) in [5, 5.41) is 8.71. The first-order chi connectivity index (χ1) is 7.83. The Balaban J connectivity index is 2.87. The second-order valence-electron chi connectivity index (χ2n) is 2.92. The number of hydrogen-bond acceptors (Lipinski definition) is 4. The summed E-state index contributed by atoms with van der Waals surface area (Å²) in [7, 11) is 1.16. The van der Waals surface area contributed by atoms with E-state index in [1.165, 1.54) is 0 Å². The van der Waals surface area contributed by atoms with Crippen LogP contribution < -0.4 is 9.47 Å². The fraction of sp³-hybridized carbons (Fsp3) is 0.333. The smallest absolute Gasteiger partial charge is 0.422 e. The zero-order valence-electron chi connectivity index (χ0n) is 8.61. The summed E-state index contributed by atoms with van der Waals surface area (Å²) in [6.07, 6.45) is -4.49. The van der Waals surface area contributed by atoms with E-state index >= 15 is 0 Å². The summed E-state index contributed by atoms with van der Waals surface area (Å²) >= 11 is 0. The molecule has 1 rings (SSSR count). The number of halogens is 3. The maximum Gasteiger partial charge on any atom is 0.422 e. The third-order valence-corrected chi connectivity index (χ3v) is 1.64. The Hall–Kier alpha value is -1.99. The zero-order chi connectivity index (χ0) is 13.1. The van der Waals surface area contributed by atoms with E-state index in [0.717, 1.165) is 19.2 Å². The van der Waals surface area contributed by atoms with Crippen LogP contribution in [0, 0.1) is 0 Å². The van der Waals surface area contributed by atoms with Gasteiger partial charge in [0.25, 0.3) is 0 Å². The average Bonchev–Trinajstić information content (AvgIpc) is 2.24. The molecular weight excluding hydrogens is 243 g/mol. The number of alkyl halides is 3. The van der Waals surface area contributed by atoms with Gasteiger partial charge in [-0.3, -0.25) is 0 Å². The number of carboxylic acid groups (broad SMARTS) is 1. The fourth-order valence-electron chi connectivity index (χ4n) is 0.978. The van der Waals surface area contributed by atoms with Crippen LogP contribution in [0.3, 0.4) is 0 Å². The number of ether oxygens (including phenoxy) is 2. The zero-order valence-corrected chi connectivity index (χ0v) is 8.61. The number of carboxylic acids is 1. The minimum absolute atomic E-state index is 0.258. The number of carbonyl (C=O) groups is 1. The molecule has 8 heteroatoms. The van der Waals surface area contributed by atoms with E-state index in [1.807, 2.05) is 0 Å². The van der Waals surface area contributed by atoms with Gasteiger partial charge >= 0.3 is 12.1 Å². The van der Waals surface area contributed by atoms with Crippen molar-refractivity contribution in [1.82, 2.24) is 4.98 Å². The summed E-state index contributed by atoms with van der Waals surface area (Å²) < 4.78 is 44.5. The van der Waals surface area contributed by atoms with Crippen molar-refractivity contribution >= 4 is 5.97 Å². The van der Waals surface area contributed by atoms with Crippen molar-refractivity contribution in [2.24, 2.45) is 0 Å². The van der Waals surface area contributed by atoms with E-state index in [-0.39, 0.29) is 17.3 Å². The van der Waals surface area contributed by atoms with Crippen LogP contribution in [-0.2, 0) is 0 Å². The van der Waals surface area contributed by atoms with Crippen LogP contribution in [0.25, 0.3) is 0 Å². The second kappa shape index (κ2) is 4.89. The molecule has 1 aromatic rings. The van der Waals surface area contributed by atoms with E-state index in [9.17, 15) is 18.0 Å². The topological polar surface area (TPSA) is 68.7 Å². The molecule has 0 saturated carbocycles. The molecule has 5 nitrogen and oxygen atoms in total. The standard InChI is InChI=1S/C9H8F3NO4/c1-16-7-5(8(14)15)2-3-6(13-7)17-4-9(10,11)12/h2-3H,4H2,1H3,(H,14,15). The molecule has 0 unspecified atom stereocenters. The first kappa shape index (κ1) is 13.1. The molecular formula is C9H8F3NO4. The maximum atomic E-state index is 11.9. The predicted molar refractivity (Wildman–Crippen MR) is 49.3 cm³/mol. The van der Waals surface area contributed by atoms with E-state index < -0.39 is 18.8 Å². The number of hydrogen-bond donors (Lipinski definition) is 1. The third kappa shape index (κ3) is 3.82. The Morgan fingerprint density at radius 1 is 1.47 bits per heavy atom. The van der Waals surface area contributed by atoms with E-state index in [4.69, 9.17) is 5.11 Å². The number of aromatic carboxylic acids is 1. The molecule has 0 aliphatic carbocycles. The molecule has 0 fully saturated rings. The van der Waals surface area contributed by atoms with Gasteiger partial charge in [0.1, 0.15) is 5.56 Å². The lowest BCUT2D eigenvalue weighted by atomic mass is 10.3. The summed E-state index contributed by atoms with van der Waals surface area (Å²) in [6.45, 7) is -1.50. The molecule has 0 amide bonds. The quantitative estimate of drug-likeness (QED) is 0.882. The molecule has 0 saturated heterocycles. The van der Waals surface area contributed by atoms with Gasteiger partial charge in [-0.05, 0) is 6.07 Å². The molecule has 0 aromatic carbocycles. The highest BCUT2D eigenvalue weighted by molar-refractivity contribution is 5.90. The van der Waals surface area contributed by atoms with Crippen LogP contribution in [0.1, 0.15) is 10.4 Å².